The molecule has 286 valence electrons. The average molecular weight is 733 g/mol. The minimum atomic E-state index is -0.687. The van der Waals surface area contributed by atoms with Gasteiger partial charge in [0.2, 0.25) is 0 Å². The number of carbonyl (C=O) groups is 2. The Balaban J connectivity index is 1.71. The van der Waals surface area contributed by atoms with Gasteiger partial charge in [-0.1, -0.05) is 99.3 Å². The zero-order valence-corrected chi connectivity index (χ0v) is 32.6. The minimum absolute atomic E-state index is 0.166. The normalized spacial score (nSPS) is 11.2. The second-order valence-electron chi connectivity index (χ2n) is 14.6. The number of esters is 2. The first-order chi connectivity index (χ1) is 25.9. The summed E-state index contributed by atoms with van der Waals surface area (Å²) in [6, 6.07) is 28.2. The van der Waals surface area contributed by atoms with Crippen LogP contribution in [0.5, 0.6) is 5.75 Å². The zero-order chi connectivity index (χ0) is 39.3. The lowest BCUT2D eigenvalue weighted by Gasteiger charge is -2.25. The van der Waals surface area contributed by atoms with Gasteiger partial charge in [-0.2, -0.15) is 0 Å². The fourth-order valence-electron chi connectivity index (χ4n) is 6.12. The molecule has 0 aromatic heterocycles. The first-order valence-electron chi connectivity index (χ1n) is 18.8. The number of aliphatic hydroxyl groups is 2. The van der Waals surface area contributed by atoms with E-state index in [1.165, 1.54) is 27.8 Å². The van der Waals surface area contributed by atoms with Gasteiger partial charge in [-0.05, 0) is 121 Å². The first-order valence-corrected chi connectivity index (χ1v) is 18.8. The molecule has 4 aromatic carbocycles. The summed E-state index contributed by atoms with van der Waals surface area (Å²) in [6.07, 6.45) is 3.58. The second kappa shape index (κ2) is 19.9. The third kappa shape index (κ3) is 11.5. The number of aryl methyl sites for hydroxylation is 4. The Bertz CT molecular complexity index is 1840. The third-order valence-corrected chi connectivity index (χ3v) is 9.70. The van der Waals surface area contributed by atoms with Crippen LogP contribution < -0.4 is 4.74 Å². The Hall–Kier alpha value is -4.98. The lowest BCUT2D eigenvalue weighted by atomic mass is 9.89. The maximum Gasteiger partial charge on any atom is 0.333 e. The molecule has 4 aromatic rings. The molecule has 0 aliphatic rings. The number of carbonyl (C=O) groups excluding carboxylic acids is 2. The van der Waals surface area contributed by atoms with E-state index in [0.717, 1.165) is 40.0 Å². The van der Waals surface area contributed by atoms with Crippen molar-refractivity contribution >= 4 is 11.9 Å². The monoisotopic (exact) mass is 732 g/mol. The summed E-state index contributed by atoms with van der Waals surface area (Å²) in [4.78, 5) is 24.2. The van der Waals surface area contributed by atoms with Crippen LogP contribution in [0.1, 0.15) is 69.2 Å². The van der Waals surface area contributed by atoms with Gasteiger partial charge in [-0.25, -0.2) is 9.59 Å². The van der Waals surface area contributed by atoms with Gasteiger partial charge in [0.25, 0.3) is 0 Å². The molecule has 0 atom stereocenters. The van der Waals surface area contributed by atoms with Gasteiger partial charge in [0.15, 0.2) is 0 Å². The highest BCUT2D eigenvalue weighted by molar-refractivity contribution is 5.87. The summed E-state index contributed by atoms with van der Waals surface area (Å²) in [7, 11) is 0. The van der Waals surface area contributed by atoms with Crippen LogP contribution in [0.4, 0.5) is 0 Å². The molecular formula is C47H56O7. The molecule has 0 heterocycles. The molecule has 7 heteroatoms. The summed E-state index contributed by atoms with van der Waals surface area (Å²) in [5.41, 5.74) is 11.2. The van der Waals surface area contributed by atoms with Crippen molar-refractivity contribution in [2.45, 2.75) is 73.1 Å². The molecule has 2 N–H and O–H groups in total. The number of hydrogen-bond donors (Lipinski definition) is 2. The Morgan fingerprint density at radius 2 is 1.11 bits per heavy atom. The lowest BCUT2D eigenvalue weighted by Crippen LogP contribution is -2.28. The van der Waals surface area contributed by atoms with Gasteiger partial charge in [-0.3, -0.25) is 0 Å². The van der Waals surface area contributed by atoms with Crippen LogP contribution in [-0.2, 0) is 38.3 Å². The number of hydrogen-bond acceptors (Lipinski definition) is 7. The molecule has 7 nitrogen and oxygen atoms in total. The van der Waals surface area contributed by atoms with Crippen molar-refractivity contribution in [1.82, 2.24) is 0 Å². The Morgan fingerprint density at radius 3 is 1.59 bits per heavy atom. The molecule has 4 rings (SSSR count). The summed E-state index contributed by atoms with van der Waals surface area (Å²) < 4.78 is 17.3. The molecule has 0 spiro atoms. The number of benzene rings is 4. The van der Waals surface area contributed by atoms with Crippen LogP contribution in [0.15, 0.2) is 103 Å². The average Bonchev–Trinajstić information content (AvgIpc) is 3.18. The SMILES string of the molecule is C=C(C)C(=O)OCCCc1cc(-c2ccc(-c3ccc(-c4ccc(C)cc4)cc3)c(CC)c2)cc(CCCOC(=O)C(=C)C)c1OCCC(C)(CO)CO. The van der Waals surface area contributed by atoms with E-state index in [2.05, 4.69) is 106 Å². The van der Waals surface area contributed by atoms with Gasteiger partial charge in [-0.15, -0.1) is 0 Å². The van der Waals surface area contributed by atoms with Crippen LogP contribution in [0.3, 0.4) is 0 Å². The van der Waals surface area contributed by atoms with Gasteiger partial charge in [0, 0.05) is 16.6 Å². The van der Waals surface area contributed by atoms with E-state index < -0.39 is 17.4 Å². The molecule has 0 unspecified atom stereocenters. The third-order valence-electron chi connectivity index (χ3n) is 9.70. The van der Waals surface area contributed by atoms with Crippen LogP contribution in [-0.4, -0.2) is 55.2 Å². The molecule has 0 saturated heterocycles. The second-order valence-corrected chi connectivity index (χ2v) is 14.6. The summed E-state index contributed by atoms with van der Waals surface area (Å²) in [5, 5.41) is 19.8. The van der Waals surface area contributed by atoms with Gasteiger partial charge >= 0.3 is 11.9 Å². The van der Waals surface area contributed by atoms with E-state index in [9.17, 15) is 19.8 Å². The molecule has 0 aliphatic heterocycles. The van der Waals surface area contributed by atoms with E-state index in [1.807, 2.05) is 6.92 Å². The number of rotatable bonds is 20. The Morgan fingerprint density at radius 1 is 0.648 bits per heavy atom. The molecule has 0 aliphatic carbocycles. The van der Waals surface area contributed by atoms with E-state index >= 15 is 0 Å². The topological polar surface area (TPSA) is 102 Å². The quantitative estimate of drug-likeness (QED) is 0.0530. The Kier molecular flexibility index (Phi) is 15.4. The van der Waals surface area contributed by atoms with Crippen molar-refractivity contribution in [2.24, 2.45) is 5.41 Å². The largest absolute Gasteiger partial charge is 0.493 e. The molecule has 0 saturated carbocycles. The molecular weight excluding hydrogens is 677 g/mol. The van der Waals surface area contributed by atoms with Crippen LogP contribution >= 0.6 is 0 Å². The highest BCUT2D eigenvalue weighted by Gasteiger charge is 2.23. The molecule has 54 heavy (non-hydrogen) atoms. The van der Waals surface area contributed by atoms with Crippen LogP contribution in [0, 0.1) is 12.3 Å². The predicted molar refractivity (Wildman–Crippen MR) is 217 cm³/mol. The molecule has 0 bridgehead atoms. The number of ether oxygens (including phenoxy) is 3. The summed E-state index contributed by atoms with van der Waals surface area (Å²) in [6.45, 7) is 17.1. The van der Waals surface area contributed by atoms with Gasteiger partial charge in [0.1, 0.15) is 5.75 Å². The van der Waals surface area contributed by atoms with E-state index in [-0.39, 0.29) is 33.0 Å². The predicted octanol–water partition coefficient (Wildman–Crippen LogP) is 9.42. The van der Waals surface area contributed by atoms with Crippen LogP contribution in [0.25, 0.3) is 33.4 Å². The van der Waals surface area contributed by atoms with Crippen molar-refractivity contribution in [3.8, 4) is 39.1 Å². The van der Waals surface area contributed by atoms with E-state index in [1.54, 1.807) is 13.8 Å². The Labute approximate surface area is 321 Å². The molecule has 0 fully saturated rings. The fourth-order valence-corrected chi connectivity index (χ4v) is 6.12. The number of aliphatic hydroxyl groups excluding tert-OH is 2. The maximum atomic E-state index is 12.1. The standard InChI is InChI=1S/C47H56O7/c1-8-35-27-39(21-22-43(35)38-19-17-37(18-20-38)36-15-13-34(6)14-16-36)42-28-40(11-9-24-53-45(50)32(2)3)44(52-26-23-47(7,30-48)31-49)41(29-42)12-10-25-54-46(51)33(4)5/h13-22,27-29,48-49H,2,4,8-12,23-26,30-31H2,1,3,5-7H3. The fraction of sp³-hybridized carbons (Fsp3) is 0.362. The smallest absolute Gasteiger partial charge is 0.333 e. The highest BCUT2D eigenvalue weighted by Crippen LogP contribution is 2.36. The van der Waals surface area contributed by atoms with Crippen molar-refractivity contribution in [3.63, 3.8) is 0 Å². The highest BCUT2D eigenvalue weighted by atomic mass is 16.5. The van der Waals surface area contributed by atoms with E-state index in [0.29, 0.717) is 43.3 Å². The minimum Gasteiger partial charge on any atom is -0.493 e. The maximum absolute atomic E-state index is 12.1. The van der Waals surface area contributed by atoms with Crippen LogP contribution in [0.2, 0.25) is 0 Å². The van der Waals surface area contributed by atoms with E-state index in [4.69, 9.17) is 14.2 Å². The molecule has 0 amide bonds. The first kappa shape index (κ1) is 41.8. The van der Waals surface area contributed by atoms with Crippen molar-refractivity contribution in [1.29, 1.82) is 0 Å². The van der Waals surface area contributed by atoms with Crippen molar-refractivity contribution < 1.29 is 34.0 Å². The van der Waals surface area contributed by atoms with Crippen molar-refractivity contribution in [2.75, 3.05) is 33.0 Å². The lowest BCUT2D eigenvalue weighted by molar-refractivity contribution is -0.139. The molecule has 0 radical (unpaired) electrons. The van der Waals surface area contributed by atoms with Crippen molar-refractivity contribution in [3.05, 3.63) is 125 Å². The zero-order valence-electron chi connectivity index (χ0n) is 32.6. The summed E-state index contributed by atoms with van der Waals surface area (Å²) >= 11 is 0. The van der Waals surface area contributed by atoms with Gasteiger partial charge < -0.3 is 24.4 Å². The van der Waals surface area contributed by atoms with Gasteiger partial charge in [0.05, 0.1) is 33.0 Å². The summed E-state index contributed by atoms with van der Waals surface area (Å²) in [5.74, 6) is -0.126.